The lowest BCUT2D eigenvalue weighted by atomic mass is 10.3. The van der Waals surface area contributed by atoms with Crippen molar-refractivity contribution in [1.82, 2.24) is 10.2 Å². The van der Waals surface area contributed by atoms with Gasteiger partial charge in [0.1, 0.15) is 0 Å². The van der Waals surface area contributed by atoms with E-state index in [2.05, 4.69) is 10.2 Å². The minimum absolute atomic E-state index is 0.0867. The Labute approximate surface area is 105 Å². The lowest BCUT2D eigenvalue weighted by molar-refractivity contribution is 0.278. The van der Waals surface area contributed by atoms with E-state index in [0.717, 1.165) is 4.31 Å². The fourth-order valence-electron chi connectivity index (χ4n) is 1.55. The zero-order valence-corrected chi connectivity index (χ0v) is 10.6. The summed E-state index contributed by atoms with van der Waals surface area (Å²) >= 11 is 0. The number of rotatable bonds is 4. The van der Waals surface area contributed by atoms with Gasteiger partial charge in [0.25, 0.3) is 10.0 Å². The molecule has 0 unspecified atom stereocenters. The standard InChI is InChI=1S/C11H13N3O3S/c1-14(10-5-3-2-4-6-10)18(16,17)11-9(8-15)7-12-13-11/h2-7,15H,8H2,1H3,(H,12,13). The first kappa shape index (κ1) is 12.6. The molecule has 0 radical (unpaired) electrons. The third-order valence-corrected chi connectivity index (χ3v) is 4.39. The van der Waals surface area contributed by atoms with Crippen LogP contribution < -0.4 is 4.31 Å². The fourth-order valence-corrected chi connectivity index (χ4v) is 2.84. The smallest absolute Gasteiger partial charge is 0.281 e. The van der Waals surface area contributed by atoms with E-state index in [1.165, 1.54) is 13.2 Å². The summed E-state index contributed by atoms with van der Waals surface area (Å²) in [6.07, 6.45) is 1.30. The van der Waals surface area contributed by atoms with E-state index in [1.54, 1.807) is 30.3 Å². The molecule has 0 atom stereocenters. The Morgan fingerprint density at radius 1 is 1.33 bits per heavy atom. The fraction of sp³-hybridized carbons (Fsp3) is 0.182. The number of aliphatic hydroxyl groups is 1. The average Bonchev–Trinajstić information content (AvgIpc) is 2.88. The van der Waals surface area contributed by atoms with Gasteiger partial charge in [-0.3, -0.25) is 9.40 Å². The molecule has 0 saturated carbocycles. The lowest BCUT2D eigenvalue weighted by Gasteiger charge is -2.18. The van der Waals surface area contributed by atoms with Crippen LogP contribution in [0.1, 0.15) is 5.56 Å². The van der Waals surface area contributed by atoms with Gasteiger partial charge in [-0.1, -0.05) is 18.2 Å². The molecule has 0 saturated heterocycles. The highest BCUT2D eigenvalue weighted by Crippen LogP contribution is 2.22. The molecule has 1 heterocycles. The number of para-hydroxylation sites is 1. The van der Waals surface area contributed by atoms with Gasteiger partial charge in [0.05, 0.1) is 18.5 Å². The van der Waals surface area contributed by atoms with E-state index in [-0.39, 0.29) is 17.2 Å². The number of anilines is 1. The van der Waals surface area contributed by atoms with Gasteiger partial charge in [0.2, 0.25) is 0 Å². The van der Waals surface area contributed by atoms with Crippen LogP contribution in [0.15, 0.2) is 41.6 Å². The summed E-state index contributed by atoms with van der Waals surface area (Å²) in [5, 5.41) is 15.0. The van der Waals surface area contributed by atoms with Crippen molar-refractivity contribution >= 4 is 15.7 Å². The van der Waals surface area contributed by atoms with Crippen LogP contribution in [0.25, 0.3) is 0 Å². The monoisotopic (exact) mass is 267 g/mol. The van der Waals surface area contributed by atoms with Crippen molar-refractivity contribution in [1.29, 1.82) is 0 Å². The number of benzene rings is 1. The molecule has 2 rings (SSSR count). The Balaban J connectivity index is 2.44. The number of hydrogen-bond acceptors (Lipinski definition) is 4. The predicted octanol–water partition coefficient (Wildman–Crippen LogP) is 0.727. The number of aliphatic hydroxyl groups excluding tert-OH is 1. The summed E-state index contributed by atoms with van der Waals surface area (Å²) < 4.78 is 25.8. The maximum absolute atomic E-state index is 12.3. The number of aromatic nitrogens is 2. The second-order valence-electron chi connectivity index (χ2n) is 3.69. The molecule has 18 heavy (non-hydrogen) atoms. The maximum Gasteiger partial charge on any atom is 0.281 e. The quantitative estimate of drug-likeness (QED) is 0.855. The molecule has 0 fully saturated rings. The van der Waals surface area contributed by atoms with Gasteiger partial charge in [-0.25, -0.2) is 0 Å². The Morgan fingerprint density at radius 3 is 2.61 bits per heavy atom. The Kier molecular flexibility index (Phi) is 3.35. The molecule has 0 aliphatic carbocycles. The van der Waals surface area contributed by atoms with E-state index in [0.29, 0.717) is 5.69 Å². The van der Waals surface area contributed by atoms with E-state index in [9.17, 15) is 8.42 Å². The SMILES string of the molecule is CN(c1ccccc1)S(=O)(=O)c1[nH]ncc1CO. The van der Waals surface area contributed by atoms with Crippen molar-refractivity contribution in [3.8, 4) is 0 Å². The first-order chi connectivity index (χ1) is 8.57. The number of hydrogen-bond donors (Lipinski definition) is 2. The van der Waals surface area contributed by atoms with Gasteiger partial charge in [-0.15, -0.1) is 0 Å². The largest absolute Gasteiger partial charge is 0.392 e. The van der Waals surface area contributed by atoms with Gasteiger partial charge in [-0.05, 0) is 12.1 Å². The third-order valence-electron chi connectivity index (χ3n) is 2.59. The van der Waals surface area contributed by atoms with Crippen LogP contribution in [0.2, 0.25) is 0 Å². The molecule has 7 heteroatoms. The summed E-state index contributed by atoms with van der Waals surface area (Å²) in [6, 6.07) is 8.68. The zero-order valence-electron chi connectivity index (χ0n) is 9.74. The highest BCUT2D eigenvalue weighted by molar-refractivity contribution is 7.92. The van der Waals surface area contributed by atoms with Crippen LogP contribution in [0.5, 0.6) is 0 Å². The van der Waals surface area contributed by atoms with Gasteiger partial charge in [-0.2, -0.15) is 13.5 Å². The minimum Gasteiger partial charge on any atom is -0.392 e. The average molecular weight is 267 g/mol. The topological polar surface area (TPSA) is 86.3 Å². The molecule has 96 valence electrons. The van der Waals surface area contributed by atoms with Crippen LogP contribution in [0.4, 0.5) is 5.69 Å². The van der Waals surface area contributed by atoms with E-state index in [1.807, 2.05) is 0 Å². The molecular weight excluding hydrogens is 254 g/mol. The van der Waals surface area contributed by atoms with Crippen LogP contribution in [0, 0.1) is 0 Å². The van der Waals surface area contributed by atoms with Crippen molar-refractivity contribution in [2.75, 3.05) is 11.4 Å². The molecule has 2 N–H and O–H groups in total. The molecule has 0 bridgehead atoms. The first-order valence-electron chi connectivity index (χ1n) is 5.24. The first-order valence-corrected chi connectivity index (χ1v) is 6.68. The molecule has 0 amide bonds. The van der Waals surface area contributed by atoms with E-state index < -0.39 is 10.0 Å². The number of aromatic amines is 1. The second-order valence-corrected chi connectivity index (χ2v) is 5.60. The van der Waals surface area contributed by atoms with Gasteiger partial charge < -0.3 is 5.11 Å². The number of sulfonamides is 1. The van der Waals surface area contributed by atoms with Gasteiger partial charge >= 0.3 is 0 Å². The zero-order chi connectivity index (χ0) is 13.2. The Hall–Kier alpha value is -1.86. The molecule has 6 nitrogen and oxygen atoms in total. The van der Waals surface area contributed by atoms with Crippen LogP contribution in [-0.4, -0.2) is 30.8 Å². The number of H-pyrrole nitrogens is 1. The summed E-state index contributed by atoms with van der Waals surface area (Å²) in [5.74, 6) is 0. The summed E-state index contributed by atoms with van der Waals surface area (Å²) in [7, 11) is -2.29. The second kappa shape index (κ2) is 4.79. The van der Waals surface area contributed by atoms with E-state index >= 15 is 0 Å². The third kappa shape index (κ3) is 2.09. The van der Waals surface area contributed by atoms with Crippen molar-refractivity contribution in [2.45, 2.75) is 11.6 Å². The summed E-state index contributed by atoms with van der Waals surface area (Å²) in [4.78, 5) is 0. The molecule has 2 aromatic rings. The van der Waals surface area contributed by atoms with Gasteiger partial charge in [0.15, 0.2) is 5.03 Å². The molecular formula is C11H13N3O3S. The maximum atomic E-state index is 12.3. The van der Waals surface area contributed by atoms with Crippen LogP contribution >= 0.6 is 0 Å². The minimum atomic E-state index is -3.74. The Bertz CT molecular complexity index is 622. The van der Waals surface area contributed by atoms with Crippen LogP contribution in [-0.2, 0) is 16.6 Å². The van der Waals surface area contributed by atoms with Crippen molar-refractivity contribution in [2.24, 2.45) is 0 Å². The van der Waals surface area contributed by atoms with Crippen molar-refractivity contribution < 1.29 is 13.5 Å². The van der Waals surface area contributed by atoms with Crippen LogP contribution in [0.3, 0.4) is 0 Å². The predicted molar refractivity (Wildman–Crippen MR) is 66.5 cm³/mol. The molecule has 0 spiro atoms. The highest BCUT2D eigenvalue weighted by atomic mass is 32.2. The lowest BCUT2D eigenvalue weighted by Crippen LogP contribution is -2.27. The number of nitrogens with zero attached hydrogens (tertiary/aromatic N) is 2. The molecule has 0 aliphatic rings. The van der Waals surface area contributed by atoms with Crippen molar-refractivity contribution in [3.63, 3.8) is 0 Å². The highest BCUT2D eigenvalue weighted by Gasteiger charge is 2.25. The number of nitrogens with one attached hydrogen (secondary N) is 1. The molecule has 0 aliphatic heterocycles. The normalized spacial score (nSPS) is 11.4. The summed E-state index contributed by atoms with van der Waals surface area (Å²) in [6.45, 7) is -0.381. The summed E-state index contributed by atoms with van der Waals surface area (Å²) in [5.41, 5.74) is 0.786. The van der Waals surface area contributed by atoms with Gasteiger partial charge in [0, 0.05) is 12.6 Å². The van der Waals surface area contributed by atoms with E-state index in [4.69, 9.17) is 5.11 Å². The molecule has 1 aromatic heterocycles. The molecule has 1 aromatic carbocycles. The Morgan fingerprint density at radius 2 is 2.00 bits per heavy atom. The van der Waals surface area contributed by atoms with Crippen molar-refractivity contribution in [3.05, 3.63) is 42.1 Å².